The van der Waals surface area contributed by atoms with E-state index in [9.17, 15) is 14.4 Å². The van der Waals surface area contributed by atoms with Crippen LogP contribution >= 0.6 is 11.3 Å². The van der Waals surface area contributed by atoms with Gasteiger partial charge in [-0.3, -0.25) is 19.4 Å². The maximum absolute atomic E-state index is 13.7. The predicted octanol–water partition coefficient (Wildman–Crippen LogP) is 3.84. The van der Waals surface area contributed by atoms with Crippen LogP contribution in [0, 0.1) is 12.3 Å². The van der Waals surface area contributed by atoms with Crippen molar-refractivity contribution in [2.24, 2.45) is 0 Å². The van der Waals surface area contributed by atoms with Crippen LogP contribution < -0.4 is 16.4 Å². The highest BCUT2D eigenvalue weighted by atomic mass is 32.1. The molecule has 1 amide bonds. The Hall–Kier alpha value is -3.83. The van der Waals surface area contributed by atoms with Crippen LogP contribution in [0.4, 0.5) is 5.00 Å². The molecule has 4 aromatic rings. The summed E-state index contributed by atoms with van der Waals surface area (Å²) in [5.74, 6) is -1.03. The second-order valence-corrected chi connectivity index (χ2v) is 10.6. The molecular weight excluding hydrogens is 518 g/mol. The Kier molecular flexibility index (Phi) is 7.62. The molecule has 0 bridgehead atoms. The molecule has 0 aliphatic heterocycles. The van der Waals surface area contributed by atoms with Gasteiger partial charge in [-0.1, -0.05) is 6.07 Å². The molecule has 4 heterocycles. The largest absolute Gasteiger partial charge is 0.462 e. The number of nitrogens with zero attached hydrogens (tertiary/aromatic N) is 3. The highest BCUT2D eigenvalue weighted by molar-refractivity contribution is 7.17. The normalized spacial score (nSPS) is 13.0. The Morgan fingerprint density at radius 1 is 1.23 bits per heavy atom. The van der Waals surface area contributed by atoms with Gasteiger partial charge in [-0.2, -0.15) is 0 Å². The summed E-state index contributed by atoms with van der Waals surface area (Å²) in [6.45, 7) is 4.62. The zero-order valence-corrected chi connectivity index (χ0v) is 23.1. The molecule has 0 aromatic carbocycles. The zero-order chi connectivity index (χ0) is 27.7. The summed E-state index contributed by atoms with van der Waals surface area (Å²) in [6.07, 6.45) is 5.79. The number of carbonyl (C=O) groups is 2. The number of carbonyl (C=O) groups excluding carboxylic acids is 2. The summed E-state index contributed by atoms with van der Waals surface area (Å²) < 4.78 is 13.6. The van der Waals surface area contributed by atoms with Gasteiger partial charge in [-0.15, -0.1) is 11.3 Å². The van der Waals surface area contributed by atoms with Crippen LogP contribution in [0.3, 0.4) is 0 Å². The maximum Gasteiger partial charge on any atom is 0.341 e. The Labute approximate surface area is 228 Å². The first-order valence-electron chi connectivity index (χ1n) is 13.1. The number of fused-ring (bicyclic) bond motifs is 3. The lowest BCUT2D eigenvalue weighted by molar-refractivity contribution is 0.0526. The maximum atomic E-state index is 13.7. The Morgan fingerprint density at radius 3 is 2.79 bits per heavy atom. The summed E-state index contributed by atoms with van der Waals surface area (Å²) in [5, 5.41) is 12.5. The van der Waals surface area contributed by atoms with Crippen LogP contribution in [-0.2, 0) is 28.9 Å². The topological polar surface area (TPSA) is 128 Å². The summed E-state index contributed by atoms with van der Waals surface area (Å²) in [5.41, 5.74) is 2.61. The number of aromatic nitrogens is 3. The molecule has 5 rings (SSSR count). The molecule has 1 aliphatic rings. The van der Waals surface area contributed by atoms with Crippen molar-refractivity contribution in [3.8, 4) is 0 Å². The van der Waals surface area contributed by atoms with Gasteiger partial charge in [-0.05, 0) is 69.2 Å². The van der Waals surface area contributed by atoms with Crippen molar-refractivity contribution in [3.63, 3.8) is 0 Å². The number of pyridine rings is 2. The van der Waals surface area contributed by atoms with Crippen LogP contribution in [-0.4, -0.2) is 46.2 Å². The zero-order valence-electron chi connectivity index (χ0n) is 22.3. The summed E-state index contributed by atoms with van der Waals surface area (Å²) in [7, 11) is 1.59. The van der Waals surface area contributed by atoms with Crippen molar-refractivity contribution >= 4 is 44.9 Å². The first kappa shape index (κ1) is 26.8. The fourth-order valence-corrected chi connectivity index (χ4v) is 6.37. The lowest BCUT2D eigenvalue weighted by Crippen LogP contribution is -2.32. The second kappa shape index (κ2) is 11.1. The molecular formula is C28H31N5O5S. The van der Waals surface area contributed by atoms with E-state index in [1.54, 1.807) is 30.9 Å². The quantitative estimate of drug-likeness (QED) is 0.195. The molecule has 0 saturated carbocycles. The van der Waals surface area contributed by atoms with Gasteiger partial charge in [0.05, 0.1) is 23.1 Å². The first-order chi connectivity index (χ1) is 18.8. The molecule has 1 aliphatic carbocycles. The number of nitrogens with one attached hydrogen (secondary N) is 2. The van der Waals surface area contributed by atoms with E-state index in [0.29, 0.717) is 41.4 Å². The molecule has 2 N–H and O–H groups in total. The number of amides is 1. The van der Waals surface area contributed by atoms with E-state index in [4.69, 9.17) is 19.9 Å². The molecule has 204 valence electrons. The first-order valence-corrected chi connectivity index (χ1v) is 13.9. The van der Waals surface area contributed by atoms with Gasteiger partial charge in [0.25, 0.3) is 11.5 Å². The highest BCUT2D eigenvalue weighted by Gasteiger charge is 2.28. The van der Waals surface area contributed by atoms with Crippen LogP contribution in [0.15, 0.2) is 29.2 Å². The molecule has 0 spiro atoms. The van der Waals surface area contributed by atoms with Gasteiger partial charge in [-0.25, -0.2) is 9.78 Å². The third-order valence-electron chi connectivity index (χ3n) is 6.99. The number of aryl methyl sites for hydroxylation is 3. The van der Waals surface area contributed by atoms with Crippen molar-refractivity contribution in [2.45, 2.75) is 52.5 Å². The number of rotatable bonds is 8. The fraction of sp³-hybridized carbons (Fsp3) is 0.393. The molecule has 39 heavy (non-hydrogen) atoms. The Bertz CT molecular complexity index is 1720. The van der Waals surface area contributed by atoms with Crippen molar-refractivity contribution in [3.05, 3.63) is 67.4 Å². The molecule has 0 fully saturated rings. The molecule has 0 unspecified atom stereocenters. The van der Waals surface area contributed by atoms with E-state index < -0.39 is 11.9 Å². The van der Waals surface area contributed by atoms with E-state index in [0.717, 1.165) is 41.7 Å². The van der Waals surface area contributed by atoms with E-state index in [1.165, 1.54) is 21.8 Å². The third kappa shape index (κ3) is 4.87. The second-order valence-electron chi connectivity index (χ2n) is 9.53. The van der Waals surface area contributed by atoms with Gasteiger partial charge in [0.15, 0.2) is 0 Å². The Morgan fingerprint density at radius 2 is 2.03 bits per heavy atom. The van der Waals surface area contributed by atoms with E-state index in [2.05, 4.69) is 5.32 Å². The number of thiophene rings is 1. The lowest BCUT2D eigenvalue weighted by Gasteiger charge is -2.15. The lowest BCUT2D eigenvalue weighted by atomic mass is 9.95. The smallest absolute Gasteiger partial charge is 0.341 e. The average Bonchev–Trinajstić information content (AvgIpc) is 3.28. The van der Waals surface area contributed by atoms with Crippen molar-refractivity contribution in [1.82, 2.24) is 14.0 Å². The van der Waals surface area contributed by atoms with Crippen LogP contribution in [0.5, 0.6) is 0 Å². The minimum atomic E-state index is -0.569. The standard InChI is InChI=1S/C28H31N5O5S/c1-4-38-28(36)21-17-10-5-6-11-20(17)39-26(21)31-25(34)18-15-19-24(32(22(18)29)13-8-14-37-3)30-23-16(2)9-7-12-33(23)27(19)35/h7,9,12,15,29H,4-6,8,10-11,13-14H2,1-3H3,(H,31,34). The van der Waals surface area contributed by atoms with Gasteiger partial charge < -0.3 is 19.4 Å². The molecule has 0 radical (unpaired) electrons. The summed E-state index contributed by atoms with van der Waals surface area (Å²) in [4.78, 5) is 45.9. The van der Waals surface area contributed by atoms with E-state index in [-0.39, 0.29) is 28.6 Å². The van der Waals surface area contributed by atoms with Crippen LogP contribution in [0.1, 0.15) is 62.9 Å². The number of hydrogen-bond donors (Lipinski definition) is 2. The number of ether oxygens (including phenoxy) is 2. The highest BCUT2D eigenvalue weighted by Crippen LogP contribution is 2.38. The number of esters is 1. The molecule has 11 heteroatoms. The molecule has 10 nitrogen and oxygen atoms in total. The van der Waals surface area contributed by atoms with E-state index >= 15 is 0 Å². The van der Waals surface area contributed by atoms with Gasteiger partial charge in [0.2, 0.25) is 0 Å². The predicted molar refractivity (Wildman–Crippen MR) is 149 cm³/mol. The van der Waals surface area contributed by atoms with Gasteiger partial charge in [0.1, 0.15) is 21.8 Å². The number of methoxy groups -OCH3 is 1. The van der Waals surface area contributed by atoms with E-state index in [1.807, 2.05) is 13.0 Å². The average molecular weight is 550 g/mol. The van der Waals surface area contributed by atoms with Crippen molar-refractivity contribution in [1.29, 1.82) is 5.41 Å². The third-order valence-corrected chi connectivity index (χ3v) is 8.19. The molecule has 0 atom stereocenters. The minimum Gasteiger partial charge on any atom is -0.462 e. The minimum absolute atomic E-state index is 0.0209. The summed E-state index contributed by atoms with van der Waals surface area (Å²) in [6, 6.07) is 5.07. The van der Waals surface area contributed by atoms with Gasteiger partial charge >= 0.3 is 5.97 Å². The number of anilines is 1. The fourth-order valence-electron chi connectivity index (χ4n) is 5.10. The monoisotopic (exact) mass is 549 g/mol. The van der Waals surface area contributed by atoms with Crippen LogP contribution in [0.25, 0.3) is 16.7 Å². The van der Waals surface area contributed by atoms with Crippen molar-refractivity contribution in [2.75, 3.05) is 25.6 Å². The Balaban J connectivity index is 1.65. The van der Waals surface area contributed by atoms with Crippen molar-refractivity contribution < 1.29 is 19.1 Å². The molecule has 0 saturated heterocycles. The van der Waals surface area contributed by atoms with Gasteiger partial charge in [0, 0.05) is 31.3 Å². The SMILES string of the molecule is CCOC(=O)c1c(NC(=O)c2cc3c(=O)n4cccc(C)c4nc3n(CCCOC)c2=N)sc2c1CCCC2. The van der Waals surface area contributed by atoms with Crippen LogP contribution in [0.2, 0.25) is 0 Å². The number of hydrogen-bond acceptors (Lipinski definition) is 8. The summed E-state index contributed by atoms with van der Waals surface area (Å²) >= 11 is 1.38. The molecule has 4 aromatic heterocycles.